The Hall–Kier alpha value is -1.06. The molecule has 2 rings (SSSR count). The van der Waals surface area contributed by atoms with E-state index in [4.69, 9.17) is 0 Å². The number of likely N-dealkylation sites (tertiary alicyclic amines) is 1. The first-order valence-corrected chi connectivity index (χ1v) is 12.8. The van der Waals surface area contributed by atoms with Gasteiger partial charge in [-0.3, -0.25) is 4.79 Å². The molecule has 4 heteroatoms. The number of hydrogen-bond donors (Lipinski definition) is 1. The molecular formula is C27H47ClN2O. The molecule has 0 atom stereocenters. The van der Waals surface area contributed by atoms with E-state index in [1.165, 1.54) is 89.3 Å². The number of benzene rings is 1. The Kier molecular flexibility index (Phi) is 16.7. The second-order valence-electron chi connectivity index (χ2n) is 9.26. The van der Waals surface area contributed by atoms with Crippen LogP contribution in [0.25, 0.3) is 0 Å². The summed E-state index contributed by atoms with van der Waals surface area (Å²) in [4.78, 5) is 14.6. The molecule has 0 aromatic heterocycles. The molecule has 0 radical (unpaired) electrons. The number of carbonyl (C=O) groups excluding carboxylic acids is 1. The fraction of sp³-hybridized carbons (Fsp3) is 0.741. The first kappa shape index (κ1) is 28.0. The Morgan fingerprint density at radius 2 is 1.52 bits per heavy atom. The molecule has 1 amide bonds. The van der Waals surface area contributed by atoms with Crippen molar-refractivity contribution < 1.29 is 4.79 Å². The lowest BCUT2D eigenvalue weighted by Gasteiger charge is -2.32. The van der Waals surface area contributed by atoms with E-state index in [1.54, 1.807) is 0 Å². The lowest BCUT2D eigenvalue weighted by Crippen LogP contribution is -2.36. The molecule has 1 heterocycles. The molecule has 0 saturated carbocycles. The van der Waals surface area contributed by atoms with Crippen molar-refractivity contribution in [2.75, 3.05) is 26.2 Å². The van der Waals surface area contributed by atoms with Gasteiger partial charge in [0.25, 0.3) is 0 Å². The zero-order valence-electron chi connectivity index (χ0n) is 20.0. The predicted molar refractivity (Wildman–Crippen MR) is 136 cm³/mol. The average Bonchev–Trinajstić information content (AvgIpc) is 2.77. The lowest BCUT2D eigenvalue weighted by molar-refractivity contribution is -0.121. The van der Waals surface area contributed by atoms with E-state index in [9.17, 15) is 4.79 Å². The van der Waals surface area contributed by atoms with E-state index in [0.29, 0.717) is 6.42 Å². The van der Waals surface area contributed by atoms with Crippen LogP contribution < -0.4 is 5.32 Å². The minimum atomic E-state index is 0. The Balaban J connectivity index is 0.00000480. The SMILES string of the molecule is CCCCCCCCCCCC(=O)NCCCN1CCC(Cc2ccccc2)CC1.Cl. The molecule has 1 fully saturated rings. The molecular weight excluding hydrogens is 404 g/mol. The summed E-state index contributed by atoms with van der Waals surface area (Å²) in [5.74, 6) is 1.08. The zero-order chi connectivity index (χ0) is 21.3. The number of halogens is 1. The average molecular weight is 451 g/mol. The molecule has 178 valence electrons. The highest BCUT2D eigenvalue weighted by Gasteiger charge is 2.19. The minimum absolute atomic E-state index is 0. The Bertz CT molecular complexity index is 543. The topological polar surface area (TPSA) is 32.3 Å². The summed E-state index contributed by atoms with van der Waals surface area (Å²) in [5.41, 5.74) is 1.48. The van der Waals surface area contributed by atoms with Crippen LogP contribution >= 0.6 is 12.4 Å². The number of unbranched alkanes of at least 4 members (excludes halogenated alkanes) is 8. The van der Waals surface area contributed by atoms with Gasteiger partial charge in [0, 0.05) is 13.0 Å². The summed E-state index contributed by atoms with van der Waals surface area (Å²) >= 11 is 0. The fourth-order valence-electron chi connectivity index (χ4n) is 4.58. The molecule has 1 aromatic rings. The van der Waals surface area contributed by atoms with Crippen LogP contribution in [0.3, 0.4) is 0 Å². The van der Waals surface area contributed by atoms with Gasteiger partial charge in [0.2, 0.25) is 5.91 Å². The highest BCUT2D eigenvalue weighted by molar-refractivity contribution is 5.85. The molecule has 0 bridgehead atoms. The molecule has 1 aliphatic heterocycles. The number of nitrogens with zero attached hydrogens (tertiary/aromatic N) is 1. The first-order valence-electron chi connectivity index (χ1n) is 12.8. The predicted octanol–water partition coefficient (Wildman–Crippen LogP) is 6.79. The standard InChI is InChI=1S/C27H46N2O.ClH/c1-2-3-4-5-6-7-8-9-13-17-27(30)28-20-14-21-29-22-18-26(19-23-29)24-25-15-11-10-12-16-25;/h10-12,15-16,26H,2-9,13-14,17-24H2,1H3,(H,28,30);1H. The molecule has 1 N–H and O–H groups in total. The highest BCUT2D eigenvalue weighted by atomic mass is 35.5. The van der Waals surface area contributed by atoms with Crippen molar-refractivity contribution in [2.24, 2.45) is 5.92 Å². The van der Waals surface area contributed by atoms with Crippen LogP contribution in [-0.4, -0.2) is 37.0 Å². The van der Waals surface area contributed by atoms with Crippen molar-refractivity contribution in [3.05, 3.63) is 35.9 Å². The summed E-state index contributed by atoms with van der Waals surface area (Å²) in [6, 6.07) is 10.9. The van der Waals surface area contributed by atoms with E-state index < -0.39 is 0 Å². The summed E-state index contributed by atoms with van der Waals surface area (Å²) < 4.78 is 0. The van der Waals surface area contributed by atoms with Crippen LogP contribution in [0.2, 0.25) is 0 Å². The van der Waals surface area contributed by atoms with Gasteiger partial charge in [-0.25, -0.2) is 0 Å². The van der Waals surface area contributed by atoms with Gasteiger partial charge in [-0.05, 0) is 63.2 Å². The maximum Gasteiger partial charge on any atom is 0.219 e. The van der Waals surface area contributed by atoms with Crippen LogP contribution in [0.4, 0.5) is 0 Å². The van der Waals surface area contributed by atoms with Gasteiger partial charge in [-0.2, -0.15) is 0 Å². The maximum absolute atomic E-state index is 12.0. The quantitative estimate of drug-likeness (QED) is 0.281. The van der Waals surface area contributed by atoms with E-state index in [2.05, 4.69) is 47.5 Å². The van der Waals surface area contributed by atoms with E-state index >= 15 is 0 Å². The summed E-state index contributed by atoms with van der Waals surface area (Å²) in [6.45, 7) is 6.64. The largest absolute Gasteiger partial charge is 0.356 e. The van der Waals surface area contributed by atoms with Crippen LogP contribution in [0, 0.1) is 5.92 Å². The molecule has 3 nitrogen and oxygen atoms in total. The lowest BCUT2D eigenvalue weighted by atomic mass is 9.90. The third-order valence-electron chi connectivity index (χ3n) is 6.56. The molecule has 1 aliphatic rings. The Morgan fingerprint density at radius 3 is 2.16 bits per heavy atom. The van der Waals surface area contributed by atoms with Gasteiger partial charge in [0.1, 0.15) is 0 Å². The summed E-state index contributed by atoms with van der Waals surface area (Å²) in [6.07, 6.45) is 17.4. The number of carbonyl (C=O) groups is 1. The first-order chi connectivity index (χ1) is 14.8. The molecule has 31 heavy (non-hydrogen) atoms. The van der Waals surface area contributed by atoms with E-state index in [0.717, 1.165) is 31.8 Å². The van der Waals surface area contributed by atoms with Crippen molar-refractivity contribution >= 4 is 18.3 Å². The highest BCUT2D eigenvalue weighted by Crippen LogP contribution is 2.21. The van der Waals surface area contributed by atoms with Crippen molar-refractivity contribution in [1.82, 2.24) is 10.2 Å². The second-order valence-corrected chi connectivity index (χ2v) is 9.26. The number of piperidine rings is 1. The van der Waals surface area contributed by atoms with Crippen molar-refractivity contribution in [1.29, 1.82) is 0 Å². The van der Waals surface area contributed by atoms with Crippen LogP contribution in [0.1, 0.15) is 96.0 Å². The number of hydrogen-bond acceptors (Lipinski definition) is 2. The number of amides is 1. The van der Waals surface area contributed by atoms with E-state index in [-0.39, 0.29) is 18.3 Å². The molecule has 0 spiro atoms. The van der Waals surface area contributed by atoms with Gasteiger partial charge >= 0.3 is 0 Å². The van der Waals surface area contributed by atoms with Crippen molar-refractivity contribution in [2.45, 2.75) is 96.8 Å². The third kappa shape index (κ3) is 13.9. The monoisotopic (exact) mass is 450 g/mol. The second kappa shape index (κ2) is 18.5. The maximum atomic E-state index is 12.0. The normalized spacial score (nSPS) is 14.9. The Morgan fingerprint density at radius 1 is 0.903 bits per heavy atom. The summed E-state index contributed by atoms with van der Waals surface area (Å²) in [5, 5.41) is 3.12. The number of nitrogens with one attached hydrogen (secondary N) is 1. The van der Waals surface area contributed by atoms with Gasteiger partial charge in [0.05, 0.1) is 0 Å². The molecule has 0 aliphatic carbocycles. The number of rotatable bonds is 16. The Labute approximate surface area is 198 Å². The van der Waals surface area contributed by atoms with E-state index in [1.807, 2.05) is 0 Å². The minimum Gasteiger partial charge on any atom is -0.356 e. The van der Waals surface area contributed by atoms with Crippen LogP contribution in [0.5, 0.6) is 0 Å². The van der Waals surface area contributed by atoms with Crippen molar-refractivity contribution in [3.8, 4) is 0 Å². The molecule has 1 aromatic carbocycles. The van der Waals surface area contributed by atoms with Gasteiger partial charge in [0.15, 0.2) is 0 Å². The van der Waals surface area contributed by atoms with Crippen molar-refractivity contribution in [3.63, 3.8) is 0 Å². The fourth-order valence-corrected chi connectivity index (χ4v) is 4.58. The van der Waals surface area contributed by atoms with Crippen LogP contribution in [-0.2, 0) is 11.2 Å². The van der Waals surface area contributed by atoms with Gasteiger partial charge < -0.3 is 10.2 Å². The van der Waals surface area contributed by atoms with Crippen LogP contribution in [0.15, 0.2) is 30.3 Å². The molecule has 1 saturated heterocycles. The summed E-state index contributed by atoms with van der Waals surface area (Å²) in [7, 11) is 0. The van der Waals surface area contributed by atoms with Gasteiger partial charge in [-0.15, -0.1) is 12.4 Å². The zero-order valence-corrected chi connectivity index (χ0v) is 20.8. The van der Waals surface area contributed by atoms with Gasteiger partial charge in [-0.1, -0.05) is 88.6 Å². The third-order valence-corrected chi connectivity index (χ3v) is 6.56. The molecule has 0 unspecified atom stereocenters. The smallest absolute Gasteiger partial charge is 0.219 e.